The molecule has 0 aliphatic heterocycles. The van der Waals surface area contributed by atoms with Crippen molar-refractivity contribution < 1.29 is 4.74 Å². The molecule has 3 nitrogen and oxygen atoms in total. The van der Waals surface area contributed by atoms with Crippen molar-refractivity contribution in [1.29, 1.82) is 0 Å². The van der Waals surface area contributed by atoms with E-state index >= 15 is 0 Å². The maximum absolute atomic E-state index is 6.07. The van der Waals surface area contributed by atoms with Crippen LogP contribution < -0.4 is 16.0 Å². The number of halogens is 2. The second kappa shape index (κ2) is 7.26. The van der Waals surface area contributed by atoms with Crippen molar-refractivity contribution in [3.05, 3.63) is 62.2 Å². The highest BCUT2D eigenvalue weighted by Crippen LogP contribution is 2.30. The first-order valence-corrected chi connectivity index (χ1v) is 7.63. The fourth-order valence-corrected chi connectivity index (χ4v) is 2.63. The molecule has 0 bridgehead atoms. The zero-order valence-corrected chi connectivity index (χ0v) is 14.0. The molecule has 0 aliphatic carbocycles. The lowest BCUT2D eigenvalue weighted by Crippen LogP contribution is -2.30. The van der Waals surface area contributed by atoms with Crippen LogP contribution in [0.3, 0.4) is 0 Å². The Bertz CT molecular complexity index is 575. The number of methoxy groups -OCH3 is 1. The van der Waals surface area contributed by atoms with Crippen LogP contribution in [-0.4, -0.2) is 7.11 Å². The highest BCUT2D eigenvalue weighted by Gasteiger charge is 2.16. The van der Waals surface area contributed by atoms with Crippen LogP contribution in [0.15, 0.2) is 42.5 Å². The smallest absolute Gasteiger partial charge is 0.123 e. The molecule has 5 heteroatoms. The molecule has 0 aromatic heterocycles. The van der Waals surface area contributed by atoms with Crippen molar-refractivity contribution in [1.82, 2.24) is 5.43 Å². The van der Waals surface area contributed by atoms with Crippen molar-refractivity contribution >= 4 is 34.2 Å². The molecule has 0 fully saturated rings. The summed E-state index contributed by atoms with van der Waals surface area (Å²) in [5.41, 5.74) is 5.01. The van der Waals surface area contributed by atoms with Crippen LogP contribution in [-0.2, 0) is 6.42 Å². The van der Waals surface area contributed by atoms with E-state index in [1.165, 1.54) is 9.13 Å². The minimum Gasteiger partial charge on any atom is -0.496 e. The lowest BCUT2D eigenvalue weighted by Gasteiger charge is -2.19. The highest BCUT2D eigenvalue weighted by molar-refractivity contribution is 14.1. The van der Waals surface area contributed by atoms with Gasteiger partial charge in [0.05, 0.1) is 13.2 Å². The van der Waals surface area contributed by atoms with Gasteiger partial charge >= 0.3 is 0 Å². The first kappa shape index (κ1) is 15.6. The summed E-state index contributed by atoms with van der Waals surface area (Å²) in [5, 5.41) is 0.670. The van der Waals surface area contributed by atoms with Gasteiger partial charge in [-0.25, -0.2) is 0 Å². The van der Waals surface area contributed by atoms with E-state index in [0.29, 0.717) is 5.02 Å². The van der Waals surface area contributed by atoms with E-state index in [1.807, 2.05) is 18.2 Å². The molecule has 106 valence electrons. The SMILES string of the molecule is COc1ccc(Cl)cc1C(Cc1ccc(I)cc1)NN. The number of hydrogen-bond acceptors (Lipinski definition) is 3. The molecule has 0 radical (unpaired) electrons. The second-order valence-corrected chi connectivity index (χ2v) is 6.12. The van der Waals surface area contributed by atoms with E-state index in [2.05, 4.69) is 52.3 Å². The molecule has 2 rings (SSSR count). The Morgan fingerprint density at radius 3 is 2.55 bits per heavy atom. The molecule has 1 unspecified atom stereocenters. The maximum atomic E-state index is 6.07. The lowest BCUT2D eigenvalue weighted by atomic mass is 9.98. The van der Waals surface area contributed by atoms with Crippen LogP contribution in [0.2, 0.25) is 5.02 Å². The molecule has 0 spiro atoms. The predicted molar refractivity (Wildman–Crippen MR) is 90.9 cm³/mol. The van der Waals surface area contributed by atoms with Gasteiger partial charge in [0.25, 0.3) is 0 Å². The molecule has 20 heavy (non-hydrogen) atoms. The minimum absolute atomic E-state index is 0.0521. The minimum atomic E-state index is -0.0521. The standard InChI is InChI=1S/C15H16ClIN2O/c1-20-15-7-4-11(16)9-13(15)14(19-18)8-10-2-5-12(17)6-3-10/h2-7,9,14,19H,8,18H2,1H3. The first-order chi connectivity index (χ1) is 9.63. The van der Waals surface area contributed by atoms with E-state index in [1.54, 1.807) is 7.11 Å². The fraction of sp³-hybridized carbons (Fsp3) is 0.200. The average molecular weight is 403 g/mol. The first-order valence-electron chi connectivity index (χ1n) is 6.18. The maximum Gasteiger partial charge on any atom is 0.123 e. The van der Waals surface area contributed by atoms with Gasteiger partial charge in [0.15, 0.2) is 0 Å². The Hall–Kier alpha value is -0.820. The normalized spacial score (nSPS) is 12.2. The summed E-state index contributed by atoms with van der Waals surface area (Å²) in [4.78, 5) is 0. The van der Waals surface area contributed by atoms with Crippen molar-refractivity contribution in [2.75, 3.05) is 7.11 Å². The van der Waals surface area contributed by atoms with Crippen LogP contribution in [0.1, 0.15) is 17.2 Å². The molecule has 0 heterocycles. The van der Waals surface area contributed by atoms with Gasteiger partial charge in [0.1, 0.15) is 5.75 Å². The number of hydrazine groups is 1. The van der Waals surface area contributed by atoms with E-state index in [0.717, 1.165) is 17.7 Å². The molecule has 3 N–H and O–H groups in total. The molecule has 2 aromatic rings. The molecule has 0 saturated heterocycles. The van der Waals surface area contributed by atoms with Crippen LogP contribution in [0.25, 0.3) is 0 Å². The van der Waals surface area contributed by atoms with E-state index in [-0.39, 0.29) is 6.04 Å². The average Bonchev–Trinajstić information content (AvgIpc) is 2.46. The van der Waals surface area contributed by atoms with Crippen LogP contribution in [0.4, 0.5) is 0 Å². The molecule has 0 amide bonds. The van der Waals surface area contributed by atoms with Gasteiger partial charge in [-0.3, -0.25) is 11.3 Å². The van der Waals surface area contributed by atoms with Gasteiger partial charge < -0.3 is 4.74 Å². The largest absolute Gasteiger partial charge is 0.496 e. The third kappa shape index (κ3) is 3.85. The van der Waals surface area contributed by atoms with E-state index < -0.39 is 0 Å². The monoisotopic (exact) mass is 402 g/mol. The molecular weight excluding hydrogens is 387 g/mol. The summed E-state index contributed by atoms with van der Waals surface area (Å²) in [5.74, 6) is 6.49. The Balaban J connectivity index is 2.28. The molecule has 0 aliphatic rings. The Kier molecular flexibility index (Phi) is 5.65. The fourth-order valence-electron chi connectivity index (χ4n) is 2.09. The summed E-state index contributed by atoms with van der Waals surface area (Å²) >= 11 is 8.36. The van der Waals surface area contributed by atoms with Gasteiger partial charge in [0, 0.05) is 14.2 Å². The van der Waals surface area contributed by atoms with Gasteiger partial charge in [-0.1, -0.05) is 23.7 Å². The van der Waals surface area contributed by atoms with Crippen LogP contribution >= 0.6 is 34.2 Å². The van der Waals surface area contributed by atoms with Gasteiger partial charge in [-0.2, -0.15) is 0 Å². The summed E-state index contributed by atoms with van der Waals surface area (Å²) in [6.45, 7) is 0. The van der Waals surface area contributed by atoms with Gasteiger partial charge in [-0.15, -0.1) is 0 Å². The second-order valence-electron chi connectivity index (χ2n) is 4.44. The molecule has 0 saturated carbocycles. The number of benzene rings is 2. The third-order valence-corrected chi connectivity index (χ3v) is 4.08. The van der Waals surface area contributed by atoms with E-state index in [4.69, 9.17) is 22.2 Å². The van der Waals surface area contributed by atoms with Crippen molar-refractivity contribution in [3.63, 3.8) is 0 Å². The number of nitrogens with one attached hydrogen (secondary N) is 1. The van der Waals surface area contributed by atoms with Crippen LogP contribution in [0, 0.1) is 3.57 Å². The zero-order valence-electron chi connectivity index (χ0n) is 11.1. The lowest BCUT2D eigenvalue weighted by molar-refractivity contribution is 0.399. The van der Waals surface area contributed by atoms with Gasteiger partial charge in [0.2, 0.25) is 0 Å². The third-order valence-electron chi connectivity index (χ3n) is 3.12. The summed E-state index contributed by atoms with van der Waals surface area (Å²) in [6, 6.07) is 13.9. The van der Waals surface area contributed by atoms with Crippen LogP contribution in [0.5, 0.6) is 5.75 Å². The van der Waals surface area contributed by atoms with Crippen molar-refractivity contribution in [2.45, 2.75) is 12.5 Å². The van der Waals surface area contributed by atoms with Gasteiger partial charge in [-0.05, 0) is 64.9 Å². The predicted octanol–water partition coefficient (Wildman–Crippen LogP) is 3.70. The Labute approximate surface area is 137 Å². The molecule has 2 aromatic carbocycles. The van der Waals surface area contributed by atoms with Crippen molar-refractivity contribution in [3.8, 4) is 5.75 Å². The number of rotatable bonds is 5. The Morgan fingerprint density at radius 1 is 1.25 bits per heavy atom. The summed E-state index contributed by atoms with van der Waals surface area (Å²) in [6.07, 6.45) is 0.768. The van der Waals surface area contributed by atoms with E-state index in [9.17, 15) is 0 Å². The number of nitrogens with two attached hydrogens (primary N) is 1. The highest BCUT2D eigenvalue weighted by atomic mass is 127. The number of hydrogen-bond donors (Lipinski definition) is 2. The number of ether oxygens (including phenoxy) is 1. The summed E-state index contributed by atoms with van der Waals surface area (Å²) < 4.78 is 6.60. The molecular formula is C15H16ClIN2O. The van der Waals surface area contributed by atoms with Crippen molar-refractivity contribution in [2.24, 2.45) is 5.84 Å². The summed E-state index contributed by atoms with van der Waals surface area (Å²) in [7, 11) is 1.64. The Morgan fingerprint density at radius 2 is 1.95 bits per heavy atom. The quantitative estimate of drug-likeness (QED) is 0.455. The molecule has 1 atom stereocenters. The zero-order chi connectivity index (χ0) is 14.5. The topological polar surface area (TPSA) is 47.3 Å².